The lowest BCUT2D eigenvalue weighted by Crippen LogP contribution is -2.30. The van der Waals surface area contributed by atoms with Crippen LogP contribution in [0.1, 0.15) is 39.5 Å². The zero-order chi connectivity index (χ0) is 10.6. The van der Waals surface area contributed by atoms with Crippen LogP contribution in [0.3, 0.4) is 0 Å². The molecule has 3 heteroatoms. The molecule has 0 aromatic heterocycles. The van der Waals surface area contributed by atoms with Gasteiger partial charge in [-0.25, -0.2) is 0 Å². The molecule has 0 aromatic rings. The Morgan fingerprint density at radius 3 is 2.64 bits per heavy atom. The Morgan fingerprint density at radius 2 is 2.14 bits per heavy atom. The van der Waals surface area contributed by atoms with Gasteiger partial charge in [0.25, 0.3) is 0 Å². The standard InChI is InChI=1S/C11H20BrNO/c1-8(2)5-10(12)7-13-11(14)6-9-3-4-9/h8-10H,3-7H2,1-2H3,(H,13,14). The van der Waals surface area contributed by atoms with Gasteiger partial charge in [0, 0.05) is 17.8 Å². The summed E-state index contributed by atoms with van der Waals surface area (Å²) < 4.78 is 0. The van der Waals surface area contributed by atoms with Crippen molar-refractivity contribution in [2.75, 3.05) is 6.54 Å². The van der Waals surface area contributed by atoms with E-state index in [0.29, 0.717) is 16.7 Å². The second-order valence-electron chi connectivity index (χ2n) is 4.68. The molecule has 1 atom stereocenters. The second kappa shape index (κ2) is 5.74. The number of hydrogen-bond donors (Lipinski definition) is 1. The molecule has 1 unspecified atom stereocenters. The highest BCUT2D eigenvalue weighted by Crippen LogP contribution is 2.32. The smallest absolute Gasteiger partial charge is 0.220 e. The molecule has 1 fully saturated rings. The monoisotopic (exact) mass is 261 g/mol. The molecule has 14 heavy (non-hydrogen) atoms. The predicted octanol–water partition coefficient (Wildman–Crippen LogP) is 2.71. The van der Waals surface area contributed by atoms with E-state index in [4.69, 9.17) is 0 Å². The molecule has 0 aliphatic heterocycles. The topological polar surface area (TPSA) is 29.1 Å². The van der Waals surface area contributed by atoms with Gasteiger partial charge in [-0.2, -0.15) is 0 Å². The summed E-state index contributed by atoms with van der Waals surface area (Å²) in [5.74, 6) is 1.59. The maximum Gasteiger partial charge on any atom is 0.220 e. The van der Waals surface area contributed by atoms with Crippen LogP contribution in [0.5, 0.6) is 0 Å². The van der Waals surface area contributed by atoms with Gasteiger partial charge in [-0.05, 0) is 31.1 Å². The first-order valence-electron chi connectivity index (χ1n) is 5.48. The lowest BCUT2D eigenvalue weighted by Gasteiger charge is -2.13. The van der Waals surface area contributed by atoms with Crippen molar-refractivity contribution in [1.82, 2.24) is 5.32 Å². The first-order chi connectivity index (χ1) is 6.58. The highest BCUT2D eigenvalue weighted by molar-refractivity contribution is 9.09. The van der Waals surface area contributed by atoms with Gasteiger partial charge in [0.05, 0.1) is 0 Å². The number of carbonyl (C=O) groups is 1. The van der Waals surface area contributed by atoms with E-state index in [1.165, 1.54) is 12.8 Å². The van der Waals surface area contributed by atoms with Gasteiger partial charge in [0.1, 0.15) is 0 Å². The van der Waals surface area contributed by atoms with Crippen LogP contribution < -0.4 is 5.32 Å². The third kappa shape index (κ3) is 5.63. The van der Waals surface area contributed by atoms with Crippen LogP contribution in [-0.4, -0.2) is 17.3 Å². The molecule has 0 saturated heterocycles. The first-order valence-corrected chi connectivity index (χ1v) is 6.40. The molecule has 1 saturated carbocycles. The average Bonchev–Trinajstić information content (AvgIpc) is 2.83. The summed E-state index contributed by atoms with van der Waals surface area (Å²) in [5, 5.41) is 2.97. The summed E-state index contributed by atoms with van der Waals surface area (Å²) >= 11 is 3.57. The number of nitrogens with one attached hydrogen (secondary N) is 1. The fourth-order valence-electron chi connectivity index (χ4n) is 1.48. The molecule has 1 rings (SSSR count). The van der Waals surface area contributed by atoms with E-state index in [2.05, 4.69) is 35.1 Å². The van der Waals surface area contributed by atoms with Crippen LogP contribution >= 0.6 is 15.9 Å². The average molecular weight is 262 g/mol. The Kier molecular flexibility index (Phi) is 4.93. The third-order valence-corrected chi connectivity index (χ3v) is 3.12. The molecule has 2 nitrogen and oxygen atoms in total. The maximum absolute atomic E-state index is 11.4. The van der Waals surface area contributed by atoms with Crippen molar-refractivity contribution in [3.8, 4) is 0 Å². The number of halogens is 1. The quantitative estimate of drug-likeness (QED) is 0.733. The number of carbonyl (C=O) groups excluding carboxylic acids is 1. The van der Waals surface area contributed by atoms with Crippen LogP contribution in [0, 0.1) is 11.8 Å². The summed E-state index contributed by atoms with van der Waals surface area (Å²) in [5.41, 5.74) is 0. The van der Waals surface area contributed by atoms with E-state index in [1.54, 1.807) is 0 Å². The summed E-state index contributed by atoms with van der Waals surface area (Å²) in [6, 6.07) is 0. The number of hydrogen-bond acceptors (Lipinski definition) is 1. The zero-order valence-electron chi connectivity index (χ0n) is 9.05. The summed E-state index contributed by atoms with van der Waals surface area (Å²) in [7, 11) is 0. The van der Waals surface area contributed by atoms with Crippen LogP contribution in [0.25, 0.3) is 0 Å². The van der Waals surface area contributed by atoms with Gasteiger partial charge in [0.2, 0.25) is 5.91 Å². The minimum atomic E-state index is 0.223. The van der Waals surface area contributed by atoms with E-state index >= 15 is 0 Å². The van der Waals surface area contributed by atoms with E-state index in [0.717, 1.165) is 19.4 Å². The Morgan fingerprint density at radius 1 is 1.50 bits per heavy atom. The van der Waals surface area contributed by atoms with Gasteiger partial charge in [-0.3, -0.25) is 4.79 Å². The molecule has 0 radical (unpaired) electrons. The van der Waals surface area contributed by atoms with E-state index < -0.39 is 0 Å². The fraction of sp³-hybridized carbons (Fsp3) is 0.909. The summed E-state index contributed by atoms with van der Waals surface area (Å²) in [4.78, 5) is 11.8. The van der Waals surface area contributed by atoms with Gasteiger partial charge < -0.3 is 5.32 Å². The fourth-order valence-corrected chi connectivity index (χ4v) is 2.39. The molecule has 82 valence electrons. The summed E-state index contributed by atoms with van der Waals surface area (Å²) in [6.45, 7) is 5.16. The van der Waals surface area contributed by atoms with Crippen molar-refractivity contribution >= 4 is 21.8 Å². The van der Waals surface area contributed by atoms with Crippen LogP contribution in [-0.2, 0) is 4.79 Å². The lowest BCUT2D eigenvalue weighted by atomic mass is 10.1. The molecular weight excluding hydrogens is 242 g/mol. The second-order valence-corrected chi connectivity index (χ2v) is 5.97. The van der Waals surface area contributed by atoms with Crippen molar-refractivity contribution in [2.45, 2.75) is 44.4 Å². The SMILES string of the molecule is CC(C)CC(Br)CNC(=O)CC1CC1. The predicted molar refractivity (Wildman–Crippen MR) is 62.5 cm³/mol. The van der Waals surface area contributed by atoms with Crippen molar-refractivity contribution in [3.63, 3.8) is 0 Å². The van der Waals surface area contributed by atoms with Gasteiger partial charge in [0.15, 0.2) is 0 Å². The minimum absolute atomic E-state index is 0.223. The van der Waals surface area contributed by atoms with E-state index in [-0.39, 0.29) is 5.91 Å². The van der Waals surface area contributed by atoms with Crippen molar-refractivity contribution < 1.29 is 4.79 Å². The molecule has 1 amide bonds. The van der Waals surface area contributed by atoms with Gasteiger partial charge in [-0.1, -0.05) is 29.8 Å². The summed E-state index contributed by atoms with van der Waals surface area (Å²) in [6.07, 6.45) is 4.35. The lowest BCUT2D eigenvalue weighted by molar-refractivity contribution is -0.121. The Bertz CT molecular complexity index is 190. The zero-order valence-corrected chi connectivity index (χ0v) is 10.6. The normalized spacial score (nSPS) is 18.3. The largest absolute Gasteiger partial charge is 0.355 e. The van der Waals surface area contributed by atoms with E-state index in [9.17, 15) is 4.79 Å². The Hall–Kier alpha value is -0.0500. The molecular formula is C11H20BrNO. The Labute approximate surface area is 95.0 Å². The van der Waals surface area contributed by atoms with E-state index in [1.807, 2.05) is 0 Å². The molecule has 1 aliphatic rings. The van der Waals surface area contributed by atoms with Crippen molar-refractivity contribution in [2.24, 2.45) is 11.8 Å². The number of amides is 1. The van der Waals surface area contributed by atoms with Crippen LogP contribution in [0.2, 0.25) is 0 Å². The van der Waals surface area contributed by atoms with Gasteiger partial charge in [-0.15, -0.1) is 0 Å². The van der Waals surface area contributed by atoms with Crippen molar-refractivity contribution in [3.05, 3.63) is 0 Å². The third-order valence-electron chi connectivity index (χ3n) is 2.42. The first kappa shape index (κ1) is 12.0. The highest BCUT2D eigenvalue weighted by Gasteiger charge is 2.24. The van der Waals surface area contributed by atoms with Crippen molar-refractivity contribution in [1.29, 1.82) is 0 Å². The maximum atomic E-state index is 11.4. The van der Waals surface area contributed by atoms with Crippen LogP contribution in [0.4, 0.5) is 0 Å². The number of rotatable bonds is 6. The molecule has 0 heterocycles. The molecule has 0 aromatic carbocycles. The molecule has 1 N–H and O–H groups in total. The minimum Gasteiger partial charge on any atom is -0.355 e. The molecule has 0 bridgehead atoms. The molecule has 1 aliphatic carbocycles. The number of alkyl halides is 1. The highest BCUT2D eigenvalue weighted by atomic mass is 79.9. The van der Waals surface area contributed by atoms with Crippen LogP contribution in [0.15, 0.2) is 0 Å². The molecule has 0 spiro atoms. The Balaban J connectivity index is 2.02. The van der Waals surface area contributed by atoms with Gasteiger partial charge >= 0.3 is 0 Å².